The monoisotopic (exact) mass is 304 g/mol. The third-order valence-electron chi connectivity index (χ3n) is 1.97. The lowest BCUT2D eigenvalue weighted by molar-refractivity contribution is 0.412. The molecule has 0 saturated heterocycles. The lowest BCUT2D eigenvalue weighted by Crippen LogP contribution is -1.84. The van der Waals surface area contributed by atoms with Crippen LogP contribution in [0.1, 0.15) is 18.9 Å². The van der Waals surface area contributed by atoms with Crippen LogP contribution in [-0.4, -0.2) is 7.11 Å². The molecule has 0 unspecified atom stereocenters. The Morgan fingerprint density at radius 1 is 1.60 bits per heavy atom. The van der Waals surface area contributed by atoms with Crippen LogP contribution >= 0.6 is 38.4 Å². The molecule has 0 saturated carbocycles. The molecule has 1 aromatic rings. The fraction of sp³-hybridized carbons (Fsp3) is 0.273. The van der Waals surface area contributed by atoms with E-state index in [0.717, 1.165) is 22.2 Å². The Bertz CT molecular complexity index is 358. The van der Waals surface area contributed by atoms with Crippen molar-refractivity contribution in [1.29, 1.82) is 0 Å². The highest BCUT2D eigenvalue weighted by atomic mass is 79.9. The zero-order valence-electron chi connectivity index (χ0n) is 8.66. The van der Waals surface area contributed by atoms with Gasteiger partial charge >= 0.3 is 0 Å². The summed E-state index contributed by atoms with van der Waals surface area (Å²) < 4.78 is 6.14. The highest BCUT2D eigenvalue weighted by molar-refractivity contribution is 9.10. The second-order valence-corrected chi connectivity index (χ2v) is 5.06. The van der Waals surface area contributed by atoms with Crippen LogP contribution in [0.5, 0.6) is 5.75 Å². The minimum absolute atomic E-state index is 0.851. The predicted octanol–water partition coefficient (Wildman–Crippen LogP) is 4.79. The van der Waals surface area contributed by atoms with E-state index in [-0.39, 0.29) is 0 Å². The van der Waals surface area contributed by atoms with Crippen molar-refractivity contribution in [2.75, 3.05) is 7.11 Å². The Labute approximate surface area is 108 Å². The molecular formula is C11H13BrOS2. The van der Waals surface area contributed by atoms with Gasteiger partial charge in [-0.25, -0.2) is 0 Å². The van der Waals surface area contributed by atoms with Gasteiger partial charge in [-0.2, -0.15) is 0 Å². The number of hydrogen-bond donors (Lipinski definition) is 1. The largest absolute Gasteiger partial charge is 0.496 e. The van der Waals surface area contributed by atoms with Crippen molar-refractivity contribution in [1.82, 2.24) is 0 Å². The first-order valence-electron chi connectivity index (χ1n) is 4.56. The van der Waals surface area contributed by atoms with Crippen LogP contribution in [0.2, 0.25) is 0 Å². The molecule has 0 aliphatic rings. The summed E-state index contributed by atoms with van der Waals surface area (Å²) in [6.07, 6.45) is 3.12. The van der Waals surface area contributed by atoms with Gasteiger partial charge in [-0.3, -0.25) is 0 Å². The molecule has 0 radical (unpaired) electrons. The maximum Gasteiger partial charge on any atom is 0.133 e. The Balaban J connectivity index is 2.97. The summed E-state index contributed by atoms with van der Waals surface area (Å²) in [6, 6.07) is 6.02. The summed E-state index contributed by atoms with van der Waals surface area (Å²) in [4.78, 5) is 1.25. The average molecular weight is 305 g/mol. The van der Waals surface area contributed by atoms with E-state index in [9.17, 15) is 0 Å². The Kier molecular flexibility index (Phi) is 5.64. The first-order chi connectivity index (χ1) is 7.21. The number of hydrogen-bond acceptors (Lipinski definition) is 3. The molecule has 1 nitrogen and oxygen atoms in total. The van der Waals surface area contributed by atoms with E-state index in [1.54, 1.807) is 7.11 Å². The average Bonchev–Trinajstić information content (AvgIpc) is 2.26. The van der Waals surface area contributed by atoms with E-state index < -0.39 is 0 Å². The van der Waals surface area contributed by atoms with Crippen molar-refractivity contribution in [2.45, 2.75) is 13.3 Å². The van der Waals surface area contributed by atoms with E-state index in [0.29, 0.717) is 0 Å². The fourth-order valence-corrected chi connectivity index (χ4v) is 2.57. The second-order valence-electron chi connectivity index (χ2n) is 2.95. The number of ether oxygens (including phenoxy) is 1. The van der Waals surface area contributed by atoms with E-state index in [1.807, 2.05) is 18.2 Å². The number of methoxy groups -OCH3 is 1. The standard InChI is InChI=1S/C11H13BrOS2/c1-3-9(15-14)6-8-4-5-11(13-2)10(12)7-8/h4-7,14H,3H2,1-2H3/b9-6-. The number of thiol groups is 1. The lowest BCUT2D eigenvalue weighted by Gasteiger charge is -2.04. The maximum atomic E-state index is 5.17. The SMILES string of the molecule is CC/C(=C/c1ccc(OC)c(Br)c1)SS. The fourth-order valence-electron chi connectivity index (χ4n) is 1.15. The molecule has 0 aliphatic heterocycles. The topological polar surface area (TPSA) is 9.23 Å². The summed E-state index contributed by atoms with van der Waals surface area (Å²) in [7, 11) is 3.15. The Morgan fingerprint density at radius 2 is 2.33 bits per heavy atom. The minimum Gasteiger partial charge on any atom is -0.496 e. The molecule has 0 atom stereocenters. The van der Waals surface area contributed by atoms with Crippen LogP contribution in [-0.2, 0) is 0 Å². The van der Waals surface area contributed by atoms with Gasteiger partial charge in [-0.05, 0) is 51.0 Å². The second kappa shape index (κ2) is 6.51. The quantitative estimate of drug-likeness (QED) is 0.633. The molecule has 1 rings (SSSR count). The third kappa shape index (κ3) is 3.78. The first-order valence-corrected chi connectivity index (χ1v) is 7.23. The molecule has 0 bridgehead atoms. The highest BCUT2D eigenvalue weighted by Crippen LogP contribution is 2.29. The normalized spacial score (nSPS) is 11.6. The molecule has 0 fully saturated rings. The van der Waals surface area contributed by atoms with Crippen LogP contribution < -0.4 is 4.74 Å². The van der Waals surface area contributed by atoms with Gasteiger partial charge in [0.15, 0.2) is 0 Å². The molecule has 0 aliphatic carbocycles. The zero-order valence-corrected chi connectivity index (χ0v) is 12.0. The molecule has 0 heterocycles. The van der Waals surface area contributed by atoms with Gasteiger partial charge in [0.05, 0.1) is 11.6 Å². The van der Waals surface area contributed by atoms with Crippen LogP contribution in [0, 0.1) is 0 Å². The van der Waals surface area contributed by atoms with E-state index >= 15 is 0 Å². The van der Waals surface area contributed by atoms with Gasteiger partial charge in [-0.1, -0.05) is 23.8 Å². The molecule has 1 aromatic carbocycles. The highest BCUT2D eigenvalue weighted by Gasteiger charge is 2.00. The predicted molar refractivity (Wildman–Crippen MR) is 75.5 cm³/mol. The van der Waals surface area contributed by atoms with Crippen molar-refractivity contribution < 1.29 is 4.74 Å². The van der Waals surface area contributed by atoms with Crippen molar-refractivity contribution in [2.24, 2.45) is 0 Å². The van der Waals surface area contributed by atoms with Crippen molar-refractivity contribution in [3.63, 3.8) is 0 Å². The number of allylic oxidation sites excluding steroid dienone is 1. The van der Waals surface area contributed by atoms with Crippen molar-refractivity contribution in [3.05, 3.63) is 33.1 Å². The number of benzene rings is 1. The van der Waals surface area contributed by atoms with E-state index in [2.05, 4.69) is 40.6 Å². The van der Waals surface area contributed by atoms with Crippen LogP contribution in [0.25, 0.3) is 6.08 Å². The molecule has 15 heavy (non-hydrogen) atoms. The molecule has 0 N–H and O–H groups in total. The number of rotatable bonds is 4. The van der Waals surface area contributed by atoms with Gasteiger partial charge in [0.2, 0.25) is 0 Å². The van der Waals surface area contributed by atoms with Crippen LogP contribution in [0.3, 0.4) is 0 Å². The molecule has 82 valence electrons. The third-order valence-corrected chi connectivity index (χ3v) is 3.93. The maximum absolute atomic E-state index is 5.17. The van der Waals surface area contributed by atoms with Gasteiger partial charge < -0.3 is 4.74 Å². The molecule has 4 heteroatoms. The summed E-state index contributed by atoms with van der Waals surface area (Å²) in [6.45, 7) is 2.12. The molecular weight excluding hydrogens is 292 g/mol. The van der Waals surface area contributed by atoms with Crippen molar-refractivity contribution in [3.8, 4) is 5.75 Å². The molecule has 0 amide bonds. The lowest BCUT2D eigenvalue weighted by atomic mass is 10.2. The first kappa shape index (κ1) is 13.0. The minimum atomic E-state index is 0.851. The summed E-state index contributed by atoms with van der Waals surface area (Å²) in [5.74, 6) is 0.851. The van der Waals surface area contributed by atoms with E-state index in [1.165, 1.54) is 15.7 Å². The molecule has 0 spiro atoms. The summed E-state index contributed by atoms with van der Waals surface area (Å²) in [5.41, 5.74) is 1.15. The van der Waals surface area contributed by atoms with Crippen molar-refractivity contribution >= 4 is 44.5 Å². The van der Waals surface area contributed by atoms with E-state index in [4.69, 9.17) is 4.74 Å². The van der Waals surface area contributed by atoms with Gasteiger partial charge in [-0.15, -0.1) is 11.7 Å². The summed E-state index contributed by atoms with van der Waals surface area (Å²) in [5, 5.41) is 0. The van der Waals surface area contributed by atoms with Crippen LogP contribution in [0.4, 0.5) is 0 Å². The molecule has 0 aromatic heterocycles. The zero-order chi connectivity index (χ0) is 11.3. The number of halogens is 1. The van der Waals surface area contributed by atoms with Gasteiger partial charge in [0.1, 0.15) is 5.75 Å². The Morgan fingerprint density at radius 3 is 2.80 bits per heavy atom. The van der Waals surface area contributed by atoms with Crippen LogP contribution in [0.15, 0.2) is 27.6 Å². The summed E-state index contributed by atoms with van der Waals surface area (Å²) >= 11 is 7.66. The smallest absolute Gasteiger partial charge is 0.133 e. The van der Waals surface area contributed by atoms with Gasteiger partial charge in [0, 0.05) is 0 Å². The van der Waals surface area contributed by atoms with Gasteiger partial charge in [0.25, 0.3) is 0 Å². The Hall–Kier alpha value is -0.0600.